The number of nitrogens with zero attached hydrogens (tertiary/aromatic N) is 2. The lowest BCUT2D eigenvalue weighted by molar-refractivity contribution is 0.240. The van der Waals surface area contributed by atoms with Gasteiger partial charge in [-0.15, -0.1) is 0 Å². The SMILES string of the molecule is CCC(N)Cc1cc(OC)ccc1OCc1nc(C)no1. The lowest BCUT2D eigenvalue weighted by Crippen LogP contribution is -2.21. The maximum Gasteiger partial charge on any atom is 0.264 e. The molecule has 2 rings (SSSR count). The summed E-state index contributed by atoms with van der Waals surface area (Å²) in [6.07, 6.45) is 1.63. The lowest BCUT2D eigenvalue weighted by atomic mass is 10.0. The van der Waals surface area contributed by atoms with E-state index in [0.717, 1.165) is 29.9 Å². The Labute approximate surface area is 124 Å². The smallest absolute Gasteiger partial charge is 0.264 e. The molecule has 2 aromatic rings. The summed E-state index contributed by atoms with van der Waals surface area (Å²) < 4.78 is 16.1. The van der Waals surface area contributed by atoms with Crippen molar-refractivity contribution in [2.45, 2.75) is 39.3 Å². The van der Waals surface area contributed by atoms with E-state index in [1.54, 1.807) is 14.0 Å². The Balaban J connectivity index is 2.12. The summed E-state index contributed by atoms with van der Waals surface area (Å²) in [7, 11) is 1.64. The summed E-state index contributed by atoms with van der Waals surface area (Å²) in [4.78, 5) is 4.11. The van der Waals surface area contributed by atoms with Crippen molar-refractivity contribution in [2.75, 3.05) is 7.11 Å². The average molecular weight is 291 g/mol. The van der Waals surface area contributed by atoms with Gasteiger partial charge in [0.05, 0.1) is 7.11 Å². The Morgan fingerprint density at radius 3 is 2.81 bits per heavy atom. The van der Waals surface area contributed by atoms with Crippen LogP contribution in [0, 0.1) is 6.92 Å². The molecule has 1 aromatic heterocycles. The Morgan fingerprint density at radius 1 is 1.38 bits per heavy atom. The highest BCUT2D eigenvalue weighted by Gasteiger charge is 2.11. The number of ether oxygens (including phenoxy) is 2. The van der Waals surface area contributed by atoms with Gasteiger partial charge in [0.25, 0.3) is 5.89 Å². The molecule has 0 fully saturated rings. The molecule has 0 bridgehead atoms. The fourth-order valence-corrected chi connectivity index (χ4v) is 1.95. The van der Waals surface area contributed by atoms with Gasteiger partial charge in [0.1, 0.15) is 11.5 Å². The number of hydrogen-bond donors (Lipinski definition) is 1. The Morgan fingerprint density at radius 2 is 2.19 bits per heavy atom. The second-order valence-electron chi connectivity index (χ2n) is 4.87. The average Bonchev–Trinajstić information content (AvgIpc) is 2.91. The molecule has 0 amide bonds. The van der Waals surface area contributed by atoms with Gasteiger partial charge in [-0.25, -0.2) is 0 Å². The van der Waals surface area contributed by atoms with Crippen molar-refractivity contribution in [1.29, 1.82) is 0 Å². The molecular formula is C15H21N3O3. The van der Waals surface area contributed by atoms with E-state index >= 15 is 0 Å². The molecule has 0 saturated heterocycles. The summed E-state index contributed by atoms with van der Waals surface area (Å²) in [5.74, 6) is 2.59. The second-order valence-corrected chi connectivity index (χ2v) is 4.87. The van der Waals surface area contributed by atoms with Crippen LogP contribution in [0.3, 0.4) is 0 Å². The Hall–Kier alpha value is -2.08. The molecule has 0 aliphatic heterocycles. The molecule has 0 saturated carbocycles. The van der Waals surface area contributed by atoms with Gasteiger partial charge in [-0.3, -0.25) is 0 Å². The number of aromatic nitrogens is 2. The van der Waals surface area contributed by atoms with Gasteiger partial charge in [-0.05, 0) is 43.5 Å². The van der Waals surface area contributed by atoms with Gasteiger partial charge < -0.3 is 19.7 Å². The van der Waals surface area contributed by atoms with Crippen LogP contribution in [0.2, 0.25) is 0 Å². The van der Waals surface area contributed by atoms with Crippen LogP contribution in [0.4, 0.5) is 0 Å². The predicted molar refractivity (Wildman–Crippen MR) is 78.3 cm³/mol. The third kappa shape index (κ3) is 4.19. The molecule has 0 aliphatic rings. The van der Waals surface area contributed by atoms with E-state index < -0.39 is 0 Å². The molecule has 114 valence electrons. The maximum absolute atomic E-state index is 6.04. The van der Waals surface area contributed by atoms with Crippen LogP contribution < -0.4 is 15.2 Å². The molecule has 6 nitrogen and oxygen atoms in total. The first-order valence-electron chi connectivity index (χ1n) is 6.96. The predicted octanol–water partition coefficient (Wildman–Crippen LogP) is 2.25. The van der Waals surface area contributed by atoms with E-state index in [1.807, 2.05) is 18.2 Å². The van der Waals surface area contributed by atoms with Crippen LogP contribution in [0.25, 0.3) is 0 Å². The first-order valence-corrected chi connectivity index (χ1v) is 6.96. The fourth-order valence-electron chi connectivity index (χ4n) is 1.95. The molecule has 0 aliphatic carbocycles. The first-order chi connectivity index (χ1) is 10.1. The third-order valence-electron chi connectivity index (χ3n) is 3.19. The third-order valence-corrected chi connectivity index (χ3v) is 3.19. The number of nitrogens with two attached hydrogens (primary N) is 1. The molecular weight excluding hydrogens is 270 g/mol. The second kappa shape index (κ2) is 7.08. The summed E-state index contributed by atoms with van der Waals surface area (Å²) in [6.45, 7) is 4.07. The summed E-state index contributed by atoms with van der Waals surface area (Å²) >= 11 is 0. The highest BCUT2D eigenvalue weighted by Crippen LogP contribution is 2.26. The topological polar surface area (TPSA) is 83.4 Å². The Kier molecular flexibility index (Phi) is 5.16. The van der Waals surface area contributed by atoms with E-state index in [0.29, 0.717) is 11.7 Å². The molecule has 6 heteroatoms. The molecule has 0 spiro atoms. The highest BCUT2D eigenvalue weighted by molar-refractivity contribution is 5.40. The van der Waals surface area contributed by atoms with E-state index in [1.165, 1.54) is 0 Å². The van der Waals surface area contributed by atoms with Crippen molar-refractivity contribution >= 4 is 0 Å². The number of methoxy groups -OCH3 is 1. The van der Waals surface area contributed by atoms with Crippen LogP contribution in [0.1, 0.15) is 30.6 Å². The van der Waals surface area contributed by atoms with Gasteiger partial charge in [0.2, 0.25) is 0 Å². The fraction of sp³-hybridized carbons (Fsp3) is 0.467. The quantitative estimate of drug-likeness (QED) is 0.842. The van der Waals surface area contributed by atoms with Crippen LogP contribution in [-0.2, 0) is 13.0 Å². The summed E-state index contributed by atoms with van der Waals surface area (Å²) in [5, 5.41) is 3.73. The molecule has 2 N–H and O–H groups in total. The van der Waals surface area contributed by atoms with E-state index in [9.17, 15) is 0 Å². The molecule has 0 radical (unpaired) electrons. The van der Waals surface area contributed by atoms with Crippen molar-refractivity contribution in [3.63, 3.8) is 0 Å². The largest absolute Gasteiger partial charge is 0.497 e. The van der Waals surface area contributed by atoms with Crippen molar-refractivity contribution in [2.24, 2.45) is 5.73 Å². The minimum absolute atomic E-state index is 0.0881. The normalized spacial score (nSPS) is 12.2. The van der Waals surface area contributed by atoms with Gasteiger partial charge in [0.15, 0.2) is 12.4 Å². The zero-order valence-corrected chi connectivity index (χ0v) is 12.6. The summed E-state index contributed by atoms with van der Waals surface area (Å²) in [5.41, 5.74) is 7.05. The van der Waals surface area contributed by atoms with Crippen LogP contribution in [0.15, 0.2) is 22.7 Å². The van der Waals surface area contributed by atoms with Gasteiger partial charge in [-0.2, -0.15) is 4.98 Å². The van der Waals surface area contributed by atoms with Gasteiger partial charge in [-0.1, -0.05) is 12.1 Å². The maximum atomic E-state index is 6.04. The lowest BCUT2D eigenvalue weighted by Gasteiger charge is -2.14. The Bertz CT molecular complexity index is 583. The number of hydrogen-bond acceptors (Lipinski definition) is 6. The standard InChI is InChI=1S/C15H21N3O3/c1-4-12(16)7-11-8-13(19-3)5-6-14(11)20-9-15-17-10(2)18-21-15/h5-6,8,12H,4,7,9,16H2,1-3H3. The number of benzene rings is 1. The van der Waals surface area contributed by atoms with Gasteiger partial charge >= 0.3 is 0 Å². The molecule has 1 atom stereocenters. The van der Waals surface area contributed by atoms with E-state index in [2.05, 4.69) is 17.1 Å². The molecule has 1 heterocycles. The molecule has 21 heavy (non-hydrogen) atoms. The van der Waals surface area contributed by atoms with Crippen molar-refractivity contribution < 1.29 is 14.0 Å². The van der Waals surface area contributed by atoms with Gasteiger partial charge in [0, 0.05) is 6.04 Å². The number of aryl methyl sites for hydroxylation is 1. The summed E-state index contributed by atoms with van der Waals surface area (Å²) in [6, 6.07) is 5.77. The van der Waals surface area contributed by atoms with E-state index in [4.69, 9.17) is 19.7 Å². The van der Waals surface area contributed by atoms with Crippen molar-refractivity contribution in [1.82, 2.24) is 10.1 Å². The van der Waals surface area contributed by atoms with Crippen LogP contribution in [-0.4, -0.2) is 23.3 Å². The minimum atomic E-state index is 0.0881. The minimum Gasteiger partial charge on any atom is -0.497 e. The highest BCUT2D eigenvalue weighted by atomic mass is 16.5. The van der Waals surface area contributed by atoms with Crippen molar-refractivity contribution in [3.05, 3.63) is 35.5 Å². The monoisotopic (exact) mass is 291 g/mol. The first kappa shape index (κ1) is 15.3. The van der Waals surface area contributed by atoms with Crippen molar-refractivity contribution in [3.8, 4) is 11.5 Å². The molecule has 1 aromatic carbocycles. The van der Waals surface area contributed by atoms with Crippen LogP contribution >= 0.6 is 0 Å². The zero-order valence-electron chi connectivity index (χ0n) is 12.6. The van der Waals surface area contributed by atoms with Crippen LogP contribution in [0.5, 0.6) is 11.5 Å². The molecule has 1 unspecified atom stereocenters. The van der Waals surface area contributed by atoms with E-state index in [-0.39, 0.29) is 12.6 Å². The number of rotatable bonds is 7. The zero-order chi connectivity index (χ0) is 15.2.